The van der Waals surface area contributed by atoms with Crippen LogP contribution in [0.4, 0.5) is 0 Å². The highest BCUT2D eigenvalue weighted by molar-refractivity contribution is 7.98. The monoisotopic (exact) mass is 309 g/mol. The second-order valence-corrected chi connectivity index (χ2v) is 6.19. The Balaban J connectivity index is 1.86. The van der Waals surface area contributed by atoms with Gasteiger partial charge in [0.2, 0.25) is 0 Å². The van der Waals surface area contributed by atoms with Crippen LogP contribution in [-0.2, 0) is 5.75 Å². The Morgan fingerprint density at radius 1 is 1.14 bits per heavy atom. The number of benzene rings is 1. The summed E-state index contributed by atoms with van der Waals surface area (Å²) in [7, 11) is 0. The normalized spacial score (nSPS) is 10.2. The van der Waals surface area contributed by atoms with Crippen LogP contribution in [0.3, 0.4) is 0 Å². The molecule has 0 saturated carbocycles. The molecular weight excluding hydrogens is 298 g/mol. The molecule has 3 rings (SSSR count). The molecule has 0 aliphatic heterocycles. The molecular formula is C16H11N3S2. The molecule has 0 atom stereocenters. The number of nitriles is 1. The first-order valence-corrected chi connectivity index (χ1v) is 8.21. The molecule has 3 aromatic rings. The molecule has 21 heavy (non-hydrogen) atoms. The van der Waals surface area contributed by atoms with E-state index in [4.69, 9.17) is 0 Å². The van der Waals surface area contributed by atoms with Crippen LogP contribution < -0.4 is 0 Å². The van der Waals surface area contributed by atoms with Crippen LogP contribution >= 0.6 is 23.1 Å². The molecule has 0 bridgehead atoms. The van der Waals surface area contributed by atoms with Crippen molar-refractivity contribution in [3.8, 4) is 16.8 Å². The molecule has 5 heteroatoms. The number of thioether (sulfide) groups is 1. The van der Waals surface area contributed by atoms with Crippen molar-refractivity contribution in [2.24, 2.45) is 0 Å². The van der Waals surface area contributed by atoms with E-state index in [0.717, 1.165) is 15.7 Å². The highest BCUT2D eigenvalue weighted by atomic mass is 32.2. The van der Waals surface area contributed by atoms with Gasteiger partial charge in [-0.3, -0.25) is 0 Å². The molecule has 0 saturated heterocycles. The van der Waals surface area contributed by atoms with E-state index in [2.05, 4.69) is 28.2 Å². The first-order valence-electron chi connectivity index (χ1n) is 6.34. The average Bonchev–Trinajstić information content (AvgIpc) is 3.08. The molecule has 2 aromatic heterocycles. The van der Waals surface area contributed by atoms with Gasteiger partial charge in [-0.25, -0.2) is 9.97 Å². The molecule has 0 N–H and O–H groups in total. The van der Waals surface area contributed by atoms with Gasteiger partial charge in [-0.1, -0.05) is 36.4 Å². The van der Waals surface area contributed by atoms with Crippen LogP contribution in [-0.4, -0.2) is 9.97 Å². The summed E-state index contributed by atoms with van der Waals surface area (Å²) in [5.41, 5.74) is 1.74. The second-order valence-electron chi connectivity index (χ2n) is 4.28. The predicted octanol–water partition coefficient (Wildman–Crippen LogP) is 4.37. The van der Waals surface area contributed by atoms with Crippen molar-refractivity contribution in [1.29, 1.82) is 5.26 Å². The number of hydrogen-bond acceptors (Lipinski definition) is 5. The van der Waals surface area contributed by atoms with E-state index in [9.17, 15) is 5.26 Å². The summed E-state index contributed by atoms with van der Waals surface area (Å²) in [4.78, 5) is 9.83. The van der Waals surface area contributed by atoms with E-state index in [1.165, 1.54) is 5.56 Å². The Morgan fingerprint density at radius 2 is 2.00 bits per heavy atom. The van der Waals surface area contributed by atoms with E-state index in [0.29, 0.717) is 11.4 Å². The number of rotatable bonds is 4. The van der Waals surface area contributed by atoms with Crippen LogP contribution in [0.15, 0.2) is 59.1 Å². The van der Waals surface area contributed by atoms with Crippen molar-refractivity contribution in [2.75, 3.05) is 0 Å². The van der Waals surface area contributed by atoms with Gasteiger partial charge in [0.25, 0.3) is 0 Å². The fraction of sp³-hybridized carbons (Fsp3) is 0.0625. The maximum atomic E-state index is 9.20. The zero-order valence-electron chi connectivity index (χ0n) is 11.1. The third-order valence-electron chi connectivity index (χ3n) is 2.83. The zero-order valence-corrected chi connectivity index (χ0v) is 12.7. The standard InChI is InChI=1S/C16H11N3S2/c17-9-13-10-18-15(14-7-4-8-20-14)19-16(13)21-11-12-5-2-1-3-6-12/h1-8,10H,11H2. The lowest BCUT2D eigenvalue weighted by atomic mass is 10.2. The van der Waals surface area contributed by atoms with Crippen LogP contribution in [0.25, 0.3) is 10.7 Å². The lowest BCUT2D eigenvalue weighted by molar-refractivity contribution is 1.04. The van der Waals surface area contributed by atoms with Gasteiger partial charge in [-0.15, -0.1) is 23.1 Å². The summed E-state index contributed by atoms with van der Waals surface area (Å²) in [6.07, 6.45) is 1.61. The van der Waals surface area contributed by atoms with Gasteiger partial charge < -0.3 is 0 Å². The van der Waals surface area contributed by atoms with Gasteiger partial charge in [-0.2, -0.15) is 5.26 Å². The van der Waals surface area contributed by atoms with Gasteiger partial charge in [0.1, 0.15) is 16.7 Å². The van der Waals surface area contributed by atoms with Crippen LogP contribution in [0.5, 0.6) is 0 Å². The molecule has 0 fully saturated rings. The highest BCUT2D eigenvalue weighted by Crippen LogP contribution is 2.27. The quantitative estimate of drug-likeness (QED) is 0.530. The summed E-state index contributed by atoms with van der Waals surface area (Å²) in [6, 6.07) is 16.3. The van der Waals surface area contributed by atoms with Gasteiger partial charge in [0.05, 0.1) is 4.88 Å². The zero-order chi connectivity index (χ0) is 14.5. The first kappa shape index (κ1) is 13.8. The largest absolute Gasteiger partial charge is 0.234 e. The van der Waals surface area contributed by atoms with Crippen molar-refractivity contribution < 1.29 is 0 Å². The second kappa shape index (κ2) is 6.53. The molecule has 1 aromatic carbocycles. The van der Waals surface area contributed by atoms with Gasteiger partial charge in [0, 0.05) is 11.9 Å². The van der Waals surface area contributed by atoms with Crippen molar-refractivity contribution >= 4 is 23.1 Å². The Kier molecular flexibility index (Phi) is 4.29. The number of nitrogens with zero attached hydrogens (tertiary/aromatic N) is 3. The lowest BCUT2D eigenvalue weighted by Gasteiger charge is -2.05. The molecule has 102 valence electrons. The van der Waals surface area contributed by atoms with E-state index >= 15 is 0 Å². The molecule has 2 heterocycles. The maximum absolute atomic E-state index is 9.20. The third-order valence-corrected chi connectivity index (χ3v) is 4.76. The first-order chi connectivity index (χ1) is 10.4. The van der Waals surface area contributed by atoms with Crippen molar-refractivity contribution in [3.63, 3.8) is 0 Å². The number of hydrogen-bond donors (Lipinski definition) is 0. The van der Waals surface area contributed by atoms with E-state index in [1.807, 2.05) is 35.7 Å². The molecule has 0 unspecified atom stereocenters. The lowest BCUT2D eigenvalue weighted by Crippen LogP contribution is -1.94. The van der Waals surface area contributed by atoms with Gasteiger partial charge in [-0.05, 0) is 17.0 Å². The summed E-state index contributed by atoms with van der Waals surface area (Å²) in [5.74, 6) is 1.47. The molecule has 0 radical (unpaired) electrons. The number of thiophene rings is 1. The summed E-state index contributed by atoms with van der Waals surface area (Å²) in [5, 5.41) is 11.9. The fourth-order valence-corrected chi connectivity index (χ4v) is 3.37. The molecule has 0 aliphatic rings. The molecule has 0 amide bonds. The molecule has 3 nitrogen and oxygen atoms in total. The topological polar surface area (TPSA) is 49.6 Å². The molecule has 0 aliphatic carbocycles. The van der Waals surface area contributed by atoms with E-state index in [1.54, 1.807) is 29.3 Å². The van der Waals surface area contributed by atoms with Crippen LogP contribution in [0.1, 0.15) is 11.1 Å². The van der Waals surface area contributed by atoms with E-state index in [-0.39, 0.29) is 0 Å². The smallest absolute Gasteiger partial charge is 0.170 e. The van der Waals surface area contributed by atoms with Crippen molar-refractivity contribution in [3.05, 3.63) is 65.2 Å². The van der Waals surface area contributed by atoms with Crippen molar-refractivity contribution in [1.82, 2.24) is 9.97 Å². The maximum Gasteiger partial charge on any atom is 0.170 e. The number of aromatic nitrogens is 2. The summed E-state index contributed by atoms with van der Waals surface area (Å²) >= 11 is 3.16. The minimum atomic E-state index is 0.524. The highest BCUT2D eigenvalue weighted by Gasteiger charge is 2.10. The average molecular weight is 309 g/mol. The Labute approximate surface area is 131 Å². The summed E-state index contributed by atoms with van der Waals surface area (Å²) < 4.78 is 0. The minimum Gasteiger partial charge on any atom is -0.234 e. The minimum absolute atomic E-state index is 0.524. The fourth-order valence-electron chi connectivity index (χ4n) is 1.80. The molecule has 0 spiro atoms. The van der Waals surface area contributed by atoms with Crippen molar-refractivity contribution in [2.45, 2.75) is 10.8 Å². The summed E-state index contributed by atoms with van der Waals surface area (Å²) in [6.45, 7) is 0. The SMILES string of the molecule is N#Cc1cnc(-c2cccs2)nc1SCc1ccccc1. The van der Waals surface area contributed by atoms with Crippen LogP contribution in [0, 0.1) is 11.3 Å². The Bertz CT molecular complexity index is 762. The van der Waals surface area contributed by atoms with Crippen LogP contribution in [0.2, 0.25) is 0 Å². The predicted molar refractivity (Wildman–Crippen MR) is 86.1 cm³/mol. The third kappa shape index (κ3) is 3.30. The van der Waals surface area contributed by atoms with E-state index < -0.39 is 0 Å². The van der Waals surface area contributed by atoms with Gasteiger partial charge >= 0.3 is 0 Å². The Hall–Kier alpha value is -2.16. The Morgan fingerprint density at radius 3 is 2.71 bits per heavy atom. The van der Waals surface area contributed by atoms with Gasteiger partial charge in [0.15, 0.2) is 5.82 Å².